The van der Waals surface area contributed by atoms with Crippen molar-refractivity contribution in [1.29, 1.82) is 0 Å². The Morgan fingerprint density at radius 1 is 1.19 bits per heavy atom. The third-order valence-electron chi connectivity index (χ3n) is 5.34. The van der Waals surface area contributed by atoms with Gasteiger partial charge in [-0.05, 0) is 36.8 Å². The molecule has 0 bridgehead atoms. The highest BCUT2D eigenvalue weighted by Gasteiger charge is 2.26. The van der Waals surface area contributed by atoms with E-state index < -0.39 is 5.97 Å². The van der Waals surface area contributed by atoms with Gasteiger partial charge in [0.1, 0.15) is 0 Å². The zero-order chi connectivity index (χ0) is 22.5. The van der Waals surface area contributed by atoms with Gasteiger partial charge in [-0.1, -0.05) is 35.1 Å². The molecular weight excluding hydrogens is 450 g/mol. The number of morpholine rings is 1. The number of fused-ring (bicyclic) bond motifs is 1. The summed E-state index contributed by atoms with van der Waals surface area (Å²) >= 11 is 7.55. The van der Waals surface area contributed by atoms with Crippen LogP contribution in [0, 0.1) is 0 Å². The number of hydrogen-bond donors (Lipinski definition) is 0. The third-order valence-corrected chi connectivity index (χ3v) is 6.61. The Balaban J connectivity index is 1.63. The van der Waals surface area contributed by atoms with Crippen molar-refractivity contribution < 1.29 is 19.1 Å². The molecule has 4 rings (SSSR count). The second-order valence-corrected chi connectivity index (χ2v) is 8.86. The quantitative estimate of drug-likeness (QED) is 0.481. The number of nitrogens with zero attached hydrogens (tertiary/aromatic N) is 3. The van der Waals surface area contributed by atoms with Crippen LogP contribution in [0.15, 0.2) is 42.5 Å². The summed E-state index contributed by atoms with van der Waals surface area (Å²) in [7, 11) is 1.31. The highest BCUT2D eigenvalue weighted by molar-refractivity contribution is 7.22. The molecule has 1 saturated heterocycles. The second-order valence-electron chi connectivity index (χ2n) is 7.41. The Hall–Kier alpha value is -2.52. The van der Waals surface area contributed by atoms with Gasteiger partial charge in [0.2, 0.25) is 0 Å². The van der Waals surface area contributed by atoms with E-state index >= 15 is 0 Å². The van der Waals surface area contributed by atoms with Gasteiger partial charge < -0.3 is 9.47 Å². The van der Waals surface area contributed by atoms with Crippen molar-refractivity contribution in [1.82, 2.24) is 9.88 Å². The first-order valence-corrected chi connectivity index (χ1v) is 11.6. The fraction of sp³-hybridized carbons (Fsp3) is 0.348. The molecule has 2 heterocycles. The maximum Gasteiger partial charge on any atom is 0.338 e. The SMILES string of the molecule is COC(=O)c1ccccc1C(=O)N(CCCN1CCOCC1)c1nc2ccc(Cl)cc2s1. The topological polar surface area (TPSA) is 72.0 Å². The summed E-state index contributed by atoms with van der Waals surface area (Å²) in [4.78, 5) is 34.6. The predicted molar refractivity (Wildman–Crippen MR) is 126 cm³/mol. The number of anilines is 1. The smallest absolute Gasteiger partial charge is 0.338 e. The fourth-order valence-corrected chi connectivity index (χ4v) is 4.93. The average molecular weight is 474 g/mol. The predicted octanol–water partition coefficient (Wildman–Crippen LogP) is 4.11. The van der Waals surface area contributed by atoms with E-state index in [1.165, 1.54) is 18.4 Å². The number of amides is 1. The Kier molecular flexibility index (Phi) is 7.36. The van der Waals surface area contributed by atoms with E-state index in [0.717, 1.165) is 49.5 Å². The average Bonchev–Trinajstić information content (AvgIpc) is 3.24. The van der Waals surface area contributed by atoms with E-state index in [4.69, 9.17) is 21.1 Å². The number of carbonyl (C=O) groups is 2. The molecule has 0 N–H and O–H groups in total. The molecule has 1 aliphatic heterocycles. The van der Waals surface area contributed by atoms with Crippen molar-refractivity contribution in [2.75, 3.05) is 51.4 Å². The molecule has 1 fully saturated rings. The van der Waals surface area contributed by atoms with Crippen LogP contribution in [0.2, 0.25) is 5.02 Å². The Morgan fingerprint density at radius 2 is 1.94 bits per heavy atom. The molecule has 0 radical (unpaired) electrons. The van der Waals surface area contributed by atoms with Gasteiger partial charge in [0.05, 0.1) is 41.7 Å². The van der Waals surface area contributed by atoms with Crippen LogP contribution >= 0.6 is 22.9 Å². The molecule has 2 aromatic carbocycles. The molecule has 0 spiro atoms. The number of aromatic nitrogens is 1. The Morgan fingerprint density at radius 3 is 2.69 bits per heavy atom. The second kappa shape index (κ2) is 10.4. The van der Waals surface area contributed by atoms with Gasteiger partial charge in [0.25, 0.3) is 5.91 Å². The molecule has 7 nitrogen and oxygen atoms in total. The van der Waals surface area contributed by atoms with Gasteiger partial charge >= 0.3 is 5.97 Å². The van der Waals surface area contributed by atoms with Gasteiger partial charge in [-0.3, -0.25) is 14.6 Å². The van der Waals surface area contributed by atoms with Crippen LogP contribution in [-0.2, 0) is 9.47 Å². The van der Waals surface area contributed by atoms with Crippen LogP contribution < -0.4 is 4.90 Å². The summed E-state index contributed by atoms with van der Waals surface area (Å²) in [6.07, 6.45) is 0.767. The molecule has 1 amide bonds. The lowest BCUT2D eigenvalue weighted by Crippen LogP contribution is -2.39. The summed E-state index contributed by atoms with van der Waals surface area (Å²) in [5.41, 5.74) is 1.31. The van der Waals surface area contributed by atoms with Crippen LogP contribution in [0.25, 0.3) is 10.2 Å². The minimum atomic E-state index is -0.543. The number of benzene rings is 2. The van der Waals surface area contributed by atoms with Crippen molar-refractivity contribution in [2.45, 2.75) is 6.42 Å². The molecular formula is C23H24ClN3O4S. The van der Waals surface area contributed by atoms with Gasteiger partial charge in [-0.2, -0.15) is 0 Å². The lowest BCUT2D eigenvalue weighted by molar-refractivity contribution is 0.0376. The monoisotopic (exact) mass is 473 g/mol. The molecule has 0 unspecified atom stereocenters. The Labute approximate surface area is 195 Å². The maximum absolute atomic E-state index is 13.6. The molecule has 0 saturated carbocycles. The van der Waals surface area contributed by atoms with Gasteiger partial charge in [-0.25, -0.2) is 9.78 Å². The molecule has 3 aromatic rings. The molecule has 0 aliphatic carbocycles. The van der Waals surface area contributed by atoms with E-state index in [1.807, 2.05) is 12.1 Å². The highest BCUT2D eigenvalue weighted by atomic mass is 35.5. The van der Waals surface area contributed by atoms with Crippen LogP contribution in [0.1, 0.15) is 27.1 Å². The van der Waals surface area contributed by atoms with Crippen molar-refractivity contribution in [2.24, 2.45) is 0 Å². The van der Waals surface area contributed by atoms with Crippen molar-refractivity contribution in [3.8, 4) is 0 Å². The van der Waals surface area contributed by atoms with E-state index in [1.54, 1.807) is 35.2 Å². The van der Waals surface area contributed by atoms with Gasteiger partial charge in [0.15, 0.2) is 5.13 Å². The van der Waals surface area contributed by atoms with Crippen molar-refractivity contribution in [3.63, 3.8) is 0 Å². The third kappa shape index (κ3) is 5.10. The first-order chi connectivity index (χ1) is 15.6. The number of esters is 1. The number of methoxy groups -OCH3 is 1. The molecule has 1 aliphatic rings. The number of halogens is 1. The van der Waals surface area contributed by atoms with Crippen molar-refractivity contribution >= 4 is 50.2 Å². The lowest BCUT2D eigenvalue weighted by atomic mass is 10.1. The zero-order valence-corrected chi connectivity index (χ0v) is 19.3. The molecule has 9 heteroatoms. The molecule has 168 valence electrons. The summed E-state index contributed by atoms with van der Waals surface area (Å²) < 4.78 is 11.2. The number of carbonyl (C=O) groups excluding carboxylic acids is 2. The summed E-state index contributed by atoms with van der Waals surface area (Å²) in [5.74, 6) is -0.823. The first kappa shape index (κ1) is 22.7. The van der Waals surface area contributed by atoms with Crippen molar-refractivity contribution in [3.05, 3.63) is 58.6 Å². The maximum atomic E-state index is 13.6. The number of ether oxygens (including phenoxy) is 2. The summed E-state index contributed by atoms with van der Waals surface area (Å²) in [6, 6.07) is 12.2. The summed E-state index contributed by atoms with van der Waals surface area (Å²) in [6.45, 7) is 4.56. The summed E-state index contributed by atoms with van der Waals surface area (Å²) in [5, 5.41) is 1.20. The van der Waals surface area contributed by atoms with Gasteiger partial charge in [0, 0.05) is 31.2 Å². The minimum absolute atomic E-state index is 0.238. The van der Waals surface area contributed by atoms with E-state index in [-0.39, 0.29) is 11.5 Å². The molecule has 32 heavy (non-hydrogen) atoms. The number of hydrogen-bond acceptors (Lipinski definition) is 7. The lowest BCUT2D eigenvalue weighted by Gasteiger charge is -2.28. The minimum Gasteiger partial charge on any atom is -0.465 e. The van der Waals surface area contributed by atoms with E-state index in [9.17, 15) is 9.59 Å². The molecule has 0 atom stereocenters. The van der Waals surface area contributed by atoms with E-state index in [2.05, 4.69) is 9.88 Å². The normalized spacial score (nSPS) is 14.4. The molecule has 1 aromatic heterocycles. The van der Waals surface area contributed by atoms with Crippen LogP contribution in [0.3, 0.4) is 0 Å². The van der Waals surface area contributed by atoms with Crippen LogP contribution in [0.5, 0.6) is 0 Å². The largest absolute Gasteiger partial charge is 0.465 e. The highest BCUT2D eigenvalue weighted by Crippen LogP contribution is 2.32. The fourth-order valence-electron chi connectivity index (χ4n) is 3.67. The van der Waals surface area contributed by atoms with Crippen LogP contribution in [-0.4, -0.2) is 68.3 Å². The Bertz CT molecular complexity index is 1110. The van der Waals surface area contributed by atoms with Gasteiger partial charge in [-0.15, -0.1) is 0 Å². The van der Waals surface area contributed by atoms with Crippen LogP contribution in [0.4, 0.5) is 5.13 Å². The standard InChI is InChI=1S/C23H24ClN3O4S/c1-30-22(29)18-6-3-2-5-17(18)21(28)27(10-4-9-26-11-13-31-14-12-26)23-25-19-8-7-16(24)15-20(19)32-23/h2-3,5-8,15H,4,9-14H2,1H3. The zero-order valence-electron chi connectivity index (χ0n) is 17.8. The number of rotatable bonds is 7. The number of thiazole rings is 1. The first-order valence-electron chi connectivity index (χ1n) is 10.4. The van der Waals surface area contributed by atoms with E-state index in [0.29, 0.717) is 22.3 Å².